The predicted molar refractivity (Wildman–Crippen MR) is 122 cm³/mol. The number of anilines is 1. The van der Waals surface area contributed by atoms with Crippen molar-refractivity contribution in [3.05, 3.63) is 63.1 Å². The highest BCUT2D eigenvalue weighted by Crippen LogP contribution is 2.53. The Kier molecular flexibility index (Phi) is 6.49. The van der Waals surface area contributed by atoms with Gasteiger partial charge in [0.25, 0.3) is 5.91 Å². The molecule has 1 N–H and O–H groups in total. The van der Waals surface area contributed by atoms with Gasteiger partial charge in [-0.1, -0.05) is 41.9 Å². The summed E-state index contributed by atoms with van der Waals surface area (Å²) in [6.07, 6.45) is 2.75. The maximum atomic E-state index is 13.1. The van der Waals surface area contributed by atoms with Crippen LogP contribution in [0.2, 0.25) is 5.02 Å². The van der Waals surface area contributed by atoms with Crippen molar-refractivity contribution in [1.29, 1.82) is 0 Å². The van der Waals surface area contributed by atoms with E-state index in [2.05, 4.69) is 21.2 Å². The lowest BCUT2D eigenvalue weighted by Gasteiger charge is -2.28. The molecular weight excluding hydrogens is 482 g/mol. The first kappa shape index (κ1) is 22.0. The summed E-state index contributed by atoms with van der Waals surface area (Å²) in [5.74, 6) is -1.40. The fraction of sp³-hybridized carbons (Fsp3) is 0.375. The first-order valence-electron chi connectivity index (χ1n) is 10.4. The molecule has 5 nitrogen and oxygen atoms in total. The van der Waals surface area contributed by atoms with Gasteiger partial charge in [0.05, 0.1) is 10.9 Å². The van der Waals surface area contributed by atoms with Crippen molar-refractivity contribution in [3.8, 4) is 0 Å². The Hall–Kier alpha value is -2.18. The molecule has 4 rings (SSSR count). The molecule has 2 aliphatic carbocycles. The van der Waals surface area contributed by atoms with Crippen molar-refractivity contribution < 1.29 is 19.1 Å². The number of nitrogens with one attached hydrogen (secondary N) is 1. The number of hydrogen-bond acceptors (Lipinski definition) is 4. The van der Waals surface area contributed by atoms with Crippen LogP contribution in [-0.4, -0.2) is 24.3 Å². The van der Waals surface area contributed by atoms with Crippen molar-refractivity contribution in [2.75, 3.05) is 11.9 Å². The smallest absolute Gasteiger partial charge is 0.310 e. The van der Waals surface area contributed by atoms with Crippen molar-refractivity contribution >= 4 is 50.9 Å². The van der Waals surface area contributed by atoms with Gasteiger partial charge >= 0.3 is 5.97 Å². The molecule has 2 aromatic rings. The Morgan fingerprint density at radius 3 is 2.48 bits per heavy atom. The summed E-state index contributed by atoms with van der Waals surface area (Å²) in [4.78, 5) is 38.4. The molecule has 31 heavy (non-hydrogen) atoms. The molecule has 4 atom stereocenters. The number of halogens is 2. The van der Waals surface area contributed by atoms with Gasteiger partial charge in [0.2, 0.25) is 0 Å². The molecule has 2 bridgehead atoms. The zero-order chi connectivity index (χ0) is 22.1. The summed E-state index contributed by atoms with van der Waals surface area (Å²) < 4.78 is 6.11. The molecule has 0 saturated heterocycles. The second-order valence-corrected chi connectivity index (χ2v) is 9.61. The number of ether oxygens (including phenoxy) is 1. The van der Waals surface area contributed by atoms with Gasteiger partial charge in [-0.05, 0) is 71.6 Å². The molecule has 0 spiro atoms. The Morgan fingerprint density at radius 2 is 1.77 bits per heavy atom. The van der Waals surface area contributed by atoms with Gasteiger partial charge in [-0.3, -0.25) is 14.4 Å². The molecule has 2 aliphatic rings. The molecule has 2 fully saturated rings. The SMILES string of the molecule is Cc1cc(Br)c(Cl)cc1NC(=O)COC(=O)[C@@H]1[C@H]2CC[C@@H](C2)[C@H]1C(=O)c1ccccc1. The van der Waals surface area contributed by atoms with E-state index in [1.165, 1.54) is 0 Å². The molecule has 0 heterocycles. The fourth-order valence-electron chi connectivity index (χ4n) is 5.00. The molecule has 162 valence electrons. The largest absolute Gasteiger partial charge is 0.455 e. The molecule has 2 aromatic carbocycles. The summed E-state index contributed by atoms with van der Waals surface area (Å²) in [6.45, 7) is 1.45. The Morgan fingerprint density at radius 1 is 1.10 bits per heavy atom. The molecule has 1 amide bonds. The van der Waals surface area contributed by atoms with Gasteiger partial charge in [-0.15, -0.1) is 0 Å². The zero-order valence-corrected chi connectivity index (χ0v) is 19.4. The second-order valence-electron chi connectivity index (χ2n) is 8.35. The zero-order valence-electron chi connectivity index (χ0n) is 17.1. The number of Topliss-reactive ketones (excluding diaryl/α,β-unsaturated/α-hetero) is 1. The molecule has 0 aromatic heterocycles. The summed E-state index contributed by atoms with van der Waals surface area (Å²) in [6, 6.07) is 12.5. The van der Waals surface area contributed by atoms with Crippen LogP contribution in [0.15, 0.2) is 46.9 Å². The number of carbonyl (C=O) groups excluding carboxylic acids is 3. The molecule has 7 heteroatoms. The molecule has 2 saturated carbocycles. The summed E-state index contributed by atoms with van der Waals surface area (Å²) >= 11 is 9.44. The number of aryl methyl sites for hydroxylation is 1. The van der Waals surface area contributed by atoms with Crippen LogP contribution in [-0.2, 0) is 14.3 Å². The number of hydrogen-bond donors (Lipinski definition) is 1. The van der Waals surface area contributed by atoms with E-state index in [1.807, 2.05) is 25.1 Å². The molecule has 0 radical (unpaired) electrons. The lowest BCUT2D eigenvalue weighted by atomic mass is 9.75. The fourth-order valence-corrected chi connectivity index (χ4v) is 5.62. The maximum Gasteiger partial charge on any atom is 0.310 e. The predicted octanol–water partition coefficient (Wildman–Crippen LogP) is 5.44. The van der Waals surface area contributed by atoms with Crippen molar-refractivity contribution in [2.45, 2.75) is 26.2 Å². The third-order valence-corrected chi connectivity index (χ3v) is 7.63. The van der Waals surface area contributed by atoms with E-state index >= 15 is 0 Å². The average Bonchev–Trinajstić information content (AvgIpc) is 3.38. The topological polar surface area (TPSA) is 72.5 Å². The first-order chi connectivity index (χ1) is 14.8. The normalized spacial score (nSPS) is 24.1. The Labute approximate surface area is 194 Å². The van der Waals surface area contributed by atoms with Gasteiger partial charge in [-0.25, -0.2) is 0 Å². The highest BCUT2D eigenvalue weighted by Gasteiger charge is 2.54. The minimum Gasteiger partial charge on any atom is -0.455 e. The number of ketones is 1. The maximum absolute atomic E-state index is 13.1. The number of esters is 1. The van der Waals surface area contributed by atoms with Crippen LogP contribution >= 0.6 is 27.5 Å². The van der Waals surface area contributed by atoms with E-state index in [-0.39, 0.29) is 23.5 Å². The molecular formula is C24H23BrClNO4. The highest BCUT2D eigenvalue weighted by molar-refractivity contribution is 9.10. The van der Waals surface area contributed by atoms with Crippen LogP contribution in [0.4, 0.5) is 5.69 Å². The summed E-state index contributed by atoms with van der Waals surface area (Å²) in [5, 5.41) is 3.20. The monoisotopic (exact) mass is 503 g/mol. The van der Waals surface area contributed by atoms with Crippen LogP contribution in [0.25, 0.3) is 0 Å². The highest BCUT2D eigenvalue weighted by atomic mass is 79.9. The third kappa shape index (κ3) is 4.55. The lowest BCUT2D eigenvalue weighted by Crippen LogP contribution is -2.37. The van der Waals surface area contributed by atoms with E-state index in [4.69, 9.17) is 16.3 Å². The molecule has 0 unspecified atom stereocenters. The van der Waals surface area contributed by atoms with Crippen LogP contribution in [0.1, 0.15) is 35.2 Å². The quantitative estimate of drug-likeness (QED) is 0.420. The minimum atomic E-state index is -0.483. The average molecular weight is 505 g/mol. The number of amides is 1. The van der Waals surface area contributed by atoms with Crippen LogP contribution in [0.3, 0.4) is 0 Å². The number of benzene rings is 2. The number of carbonyl (C=O) groups is 3. The molecule has 0 aliphatic heterocycles. The van der Waals surface area contributed by atoms with E-state index in [9.17, 15) is 14.4 Å². The van der Waals surface area contributed by atoms with Gasteiger partial charge < -0.3 is 10.1 Å². The van der Waals surface area contributed by atoms with Crippen LogP contribution < -0.4 is 5.32 Å². The standard InChI is InChI=1S/C24H23BrClNO4/c1-13-9-17(25)18(26)11-19(13)27-20(28)12-31-24(30)22-16-8-7-15(10-16)21(22)23(29)14-5-3-2-4-6-14/h2-6,9,11,15-16,21-22H,7-8,10,12H2,1H3,(H,27,28)/t15-,16-,21+,22+/m0/s1. The Bertz CT molecular complexity index is 1030. The first-order valence-corrected chi connectivity index (χ1v) is 11.5. The van der Waals surface area contributed by atoms with E-state index < -0.39 is 24.4 Å². The van der Waals surface area contributed by atoms with Crippen molar-refractivity contribution in [3.63, 3.8) is 0 Å². The minimum absolute atomic E-state index is 0.000620. The van der Waals surface area contributed by atoms with Crippen LogP contribution in [0, 0.1) is 30.6 Å². The van der Waals surface area contributed by atoms with Gasteiger partial charge in [0, 0.05) is 21.6 Å². The van der Waals surface area contributed by atoms with E-state index in [0.717, 1.165) is 29.3 Å². The van der Waals surface area contributed by atoms with Crippen LogP contribution in [0.5, 0.6) is 0 Å². The Balaban J connectivity index is 1.41. The van der Waals surface area contributed by atoms with E-state index in [0.29, 0.717) is 16.3 Å². The van der Waals surface area contributed by atoms with Gasteiger partial charge in [0.1, 0.15) is 0 Å². The third-order valence-electron chi connectivity index (χ3n) is 6.44. The van der Waals surface area contributed by atoms with E-state index in [1.54, 1.807) is 24.3 Å². The number of fused-ring (bicyclic) bond motifs is 2. The second kappa shape index (κ2) is 9.13. The summed E-state index contributed by atoms with van der Waals surface area (Å²) in [5.41, 5.74) is 2.02. The summed E-state index contributed by atoms with van der Waals surface area (Å²) in [7, 11) is 0. The van der Waals surface area contributed by atoms with Gasteiger partial charge in [0.15, 0.2) is 12.4 Å². The van der Waals surface area contributed by atoms with Gasteiger partial charge in [-0.2, -0.15) is 0 Å². The van der Waals surface area contributed by atoms with Crippen molar-refractivity contribution in [2.24, 2.45) is 23.7 Å². The number of rotatable bonds is 6. The van der Waals surface area contributed by atoms with Crippen molar-refractivity contribution in [1.82, 2.24) is 0 Å². The lowest BCUT2D eigenvalue weighted by molar-refractivity contribution is -0.154.